The smallest absolute Gasteiger partial charge is 0.207 e. The summed E-state index contributed by atoms with van der Waals surface area (Å²) in [7, 11) is 1.63. The predicted octanol–water partition coefficient (Wildman–Crippen LogP) is 5.16. The lowest BCUT2D eigenvalue weighted by Crippen LogP contribution is -2.26. The number of hydrogen-bond donors (Lipinski definition) is 1. The van der Waals surface area contributed by atoms with Crippen LogP contribution in [0.15, 0.2) is 83.0 Å². The van der Waals surface area contributed by atoms with Crippen molar-refractivity contribution in [1.29, 1.82) is 0 Å². The summed E-state index contributed by atoms with van der Waals surface area (Å²) in [5.41, 5.74) is 0.898. The standard InChI is InChI=1S/C21H18N2O2/c1-25-20-13-14-21(24,18-11-5-4-10-17(18)20)23-22-19-12-6-8-15-7-2-3-9-16(15)19/h2-13,24H,14H2,1H3. The van der Waals surface area contributed by atoms with Crippen LogP contribution in [0.5, 0.6) is 0 Å². The van der Waals surface area contributed by atoms with Crippen molar-refractivity contribution in [2.45, 2.75) is 12.1 Å². The number of nitrogens with zero attached hydrogens (tertiary/aromatic N) is 2. The van der Waals surface area contributed by atoms with E-state index in [1.165, 1.54) is 0 Å². The van der Waals surface area contributed by atoms with Gasteiger partial charge in [0, 0.05) is 22.9 Å². The zero-order chi connectivity index (χ0) is 17.3. The predicted molar refractivity (Wildman–Crippen MR) is 98.4 cm³/mol. The maximum Gasteiger partial charge on any atom is 0.207 e. The summed E-state index contributed by atoms with van der Waals surface area (Å²) in [6.07, 6.45) is 2.17. The Morgan fingerprint density at radius 1 is 0.960 bits per heavy atom. The number of azo groups is 1. The fourth-order valence-corrected chi connectivity index (χ4v) is 3.22. The molecule has 0 amide bonds. The first kappa shape index (κ1) is 15.5. The van der Waals surface area contributed by atoms with E-state index in [-0.39, 0.29) is 0 Å². The molecular weight excluding hydrogens is 312 g/mol. The van der Waals surface area contributed by atoms with Gasteiger partial charge in [0.15, 0.2) is 0 Å². The highest BCUT2D eigenvalue weighted by atomic mass is 16.5. The normalized spacial score (nSPS) is 19.7. The second-order valence-corrected chi connectivity index (χ2v) is 6.04. The molecule has 124 valence electrons. The Kier molecular flexibility index (Phi) is 3.82. The molecule has 4 nitrogen and oxygen atoms in total. The van der Waals surface area contributed by atoms with Crippen LogP contribution in [0.2, 0.25) is 0 Å². The topological polar surface area (TPSA) is 54.2 Å². The van der Waals surface area contributed by atoms with Gasteiger partial charge in [0.1, 0.15) is 5.76 Å². The summed E-state index contributed by atoms with van der Waals surface area (Å²) in [6, 6.07) is 21.5. The summed E-state index contributed by atoms with van der Waals surface area (Å²) in [5, 5.41) is 21.9. The SMILES string of the molecule is COC1=CCC(O)(N=Nc2cccc3ccccc23)c2ccccc21. The van der Waals surface area contributed by atoms with Crippen molar-refractivity contribution in [3.05, 3.63) is 83.9 Å². The molecular formula is C21H18N2O2. The third kappa shape index (κ3) is 2.71. The summed E-state index contributed by atoms with van der Waals surface area (Å²) in [5.74, 6) is 0.751. The zero-order valence-corrected chi connectivity index (χ0v) is 13.9. The lowest BCUT2D eigenvalue weighted by atomic mass is 9.89. The number of rotatable bonds is 3. The molecule has 0 radical (unpaired) electrons. The van der Waals surface area contributed by atoms with Gasteiger partial charge >= 0.3 is 0 Å². The van der Waals surface area contributed by atoms with Crippen molar-refractivity contribution in [3.63, 3.8) is 0 Å². The third-order valence-electron chi connectivity index (χ3n) is 4.51. The van der Waals surface area contributed by atoms with E-state index in [0.717, 1.165) is 27.8 Å². The molecule has 1 aliphatic carbocycles. The minimum atomic E-state index is -1.39. The monoisotopic (exact) mass is 330 g/mol. The van der Waals surface area contributed by atoms with Gasteiger partial charge < -0.3 is 9.84 Å². The lowest BCUT2D eigenvalue weighted by Gasteiger charge is -2.28. The molecule has 0 saturated carbocycles. The second kappa shape index (κ2) is 6.15. The van der Waals surface area contributed by atoms with Gasteiger partial charge in [-0.3, -0.25) is 0 Å². The molecule has 0 aromatic heterocycles. The van der Waals surface area contributed by atoms with Crippen LogP contribution in [0.3, 0.4) is 0 Å². The Labute approximate surface area is 146 Å². The third-order valence-corrected chi connectivity index (χ3v) is 4.51. The number of aliphatic hydroxyl groups is 1. The van der Waals surface area contributed by atoms with Gasteiger partial charge in [-0.1, -0.05) is 60.7 Å². The minimum Gasteiger partial charge on any atom is -0.496 e. The van der Waals surface area contributed by atoms with Gasteiger partial charge in [-0.2, -0.15) is 5.11 Å². The van der Waals surface area contributed by atoms with Crippen LogP contribution in [0.4, 0.5) is 5.69 Å². The van der Waals surface area contributed by atoms with Crippen LogP contribution in [-0.2, 0) is 10.5 Å². The van der Waals surface area contributed by atoms with Gasteiger partial charge in [0.05, 0.1) is 12.8 Å². The molecule has 0 saturated heterocycles. The van der Waals surface area contributed by atoms with Crippen LogP contribution < -0.4 is 0 Å². The van der Waals surface area contributed by atoms with Crippen molar-refractivity contribution in [1.82, 2.24) is 0 Å². The van der Waals surface area contributed by atoms with E-state index >= 15 is 0 Å². The van der Waals surface area contributed by atoms with Gasteiger partial charge in [0.25, 0.3) is 0 Å². The molecule has 4 rings (SSSR count). The van der Waals surface area contributed by atoms with E-state index in [0.29, 0.717) is 12.0 Å². The first-order valence-electron chi connectivity index (χ1n) is 8.18. The first-order valence-corrected chi connectivity index (χ1v) is 8.18. The molecule has 0 aliphatic heterocycles. The molecule has 3 aromatic rings. The lowest BCUT2D eigenvalue weighted by molar-refractivity contribution is 0.0392. The summed E-state index contributed by atoms with van der Waals surface area (Å²) < 4.78 is 5.41. The first-order chi connectivity index (χ1) is 12.2. The highest BCUT2D eigenvalue weighted by molar-refractivity contribution is 5.92. The molecule has 1 aliphatic rings. The van der Waals surface area contributed by atoms with Crippen LogP contribution >= 0.6 is 0 Å². The van der Waals surface area contributed by atoms with Crippen molar-refractivity contribution < 1.29 is 9.84 Å². The van der Waals surface area contributed by atoms with E-state index in [1.54, 1.807) is 7.11 Å². The van der Waals surface area contributed by atoms with Crippen molar-refractivity contribution in [2.75, 3.05) is 7.11 Å². The highest BCUT2D eigenvalue weighted by Crippen LogP contribution is 2.40. The van der Waals surface area contributed by atoms with Crippen molar-refractivity contribution >= 4 is 22.2 Å². The molecule has 1 unspecified atom stereocenters. The van der Waals surface area contributed by atoms with Crippen molar-refractivity contribution in [2.24, 2.45) is 10.2 Å². The van der Waals surface area contributed by atoms with Crippen LogP contribution in [-0.4, -0.2) is 12.2 Å². The number of fused-ring (bicyclic) bond motifs is 2. The Balaban J connectivity index is 1.77. The van der Waals surface area contributed by atoms with E-state index in [2.05, 4.69) is 10.2 Å². The fraction of sp³-hybridized carbons (Fsp3) is 0.143. The maximum absolute atomic E-state index is 11.1. The maximum atomic E-state index is 11.1. The molecule has 0 spiro atoms. The van der Waals surface area contributed by atoms with E-state index in [1.807, 2.05) is 72.8 Å². The quantitative estimate of drug-likeness (QED) is 0.674. The van der Waals surface area contributed by atoms with Gasteiger partial charge in [-0.25, -0.2) is 0 Å². The Hall–Kier alpha value is -2.98. The van der Waals surface area contributed by atoms with Gasteiger partial charge in [-0.05, 0) is 17.5 Å². The van der Waals surface area contributed by atoms with Crippen LogP contribution in [0, 0.1) is 0 Å². The molecule has 1 N–H and O–H groups in total. The van der Waals surface area contributed by atoms with Crippen LogP contribution in [0.25, 0.3) is 16.5 Å². The summed E-state index contributed by atoms with van der Waals surface area (Å²) in [6.45, 7) is 0. The highest BCUT2D eigenvalue weighted by Gasteiger charge is 2.35. The molecule has 4 heteroatoms. The number of methoxy groups -OCH3 is 1. The minimum absolute atomic E-state index is 0.321. The molecule has 0 fully saturated rings. The number of benzene rings is 3. The average molecular weight is 330 g/mol. The van der Waals surface area contributed by atoms with Gasteiger partial charge in [-0.15, -0.1) is 5.11 Å². The summed E-state index contributed by atoms with van der Waals surface area (Å²) >= 11 is 0. The largest absolute Gasteiger partial charge is 0.496 e. The van der Waals surface area contributed by atoms with Gasteiger partial charge in [0.2, 0.25) is 5.72 Å². The van der Waals surface area contributed by atoms with Crippen LogP contribution in [0.1, 0.15) is 17.5 Å². The van der Waals surface area contributed by atoms with E-state index < -0.39 is 5.72 Å². The van der Waals surface area contributed by atoms with E-state index in [9.17, 15) is 5.11 Å². The van der Waals surface area contributed by atoms with E-state index in [4.69, 9.17) is 4.74 Å². The number of ether oxygens (including phenoxy) is 1. The molecule has 0 heterocycles. The molecule has 3 aromatic carbocycles. The Morgan fingerprint density at radius 2 is 1.72 bits per heavy atom. The molecule has 1 atom stereocenters. The molecule has 0 bridgehead atoms. The zero-order valence-electron chi connectivity index (χ0n) is 13.9. The fourth-order valence-electron chi connectivity index (χ4n) is 3.22. The summed E-state index contributed by atoms with van der Waals surface area (Å²) in [4.78, 5) is 0. The van der Waals surface area contributed by atoms with Crippen molar-refractivity contribution in [3.8, 4) is 0 Å². The Morgan fingerprint density at radius 3 is 2.60 bits per heavy atom. The number of hydrogen-bond acceptors (Lipinski definition) is 4. The second-order valence-electron chi connectivity index (χ2n) is 6.04. The average Bonchev–Trinajstić information content (AvgIpc) is 2.67. The Bertz CT molecular complexity index is 989. The molecule has 25 heavy (non-hydrogen) atoms.